The minimum absolute atomic E-state index is 0.00649. The fourth-order valence-electron chi connectivity index (χ4n) is 4.40. The van der Waals surface area contributed by atoms with Crippen molar-refractivity contribution in [3.05, 3.63) is 65.7 Å². The zero-order valence-corrected chi connectivity index (χ0v) is 22.6. The van der Waals surface area contributed by atoms with Crippen LogP contribution in [0.2, 0.25) is 0 Å². The first-order valence-electron chi connectivity index (χ1n) is 13.6. The van der Waals surface area contributed by atoms with Crippen LogP contribution in [-0.2, 0) is 22.5 Å². The Balaban J connectivity index is 1.62. The van der Waals surface area contributed by atoms with Gasteiger partial charge in [0.15, 0.2) is 6.54 Å². The van der Waals surface area contributed by atoms with E-state index in [0.29, 0.717) is 24.1 Å². The molecule has 0 spiro atoms. The Hall–Kier alpha value is -2.33. The summed E-state index contributed by atoms with van der Waals surface area (Å²) in [5, 5.41) is 0. The summed E-state index contributed by atoms with van der Waals surface area (Å²) in [6, 6.07) is 18.7. The van der Waals surface area contributed by atoms with Crippen LogP contribution in [0.25, 0.3) is 0 Å². The molecule has 4 nitrogen and oxygen atoms in total. The maximum Gasteiger partial charge on any atom is 0.361 e. The van der Waals surface area contributed by atoms with E-state index in [-0.39, 0.29) is 12.1 Å². The number of likely N-dealkylation sites (N-methyl/N-ethyl adjacent to an activating group) is 1. The number of carbonyl (C=O) groups excluding carboxylic acids is 1. The minimum Gasteiger partial charge on any atom is -0.491 e. The van der Waals surface area contributed by atoms with E-state index in [0.717, 1.165) is 18.7 Å². The highest BCUT2D eigenvalue weighted by atomic mass is 16.5. The quantitative estimate of drug-likeness (QED) is 0.127. The first-order valence-corrected chi connectivity index (χ1v) is 13.6. The average Bonchev–Trinajstić information content (AvgIpc) is 2.81. The number of esters is 1. The molecule has 2 rings (SSSR count). The second-order valence-corrected chi connectivity index (χ2v) is 10.5. The summed E-state index contributed by atoms with van der Waals surface area (Å²) in [5.41, 5.74) is 2.56. The van der Waals surface area contributed by atoms with Crippen LogP contribution in [0, 0.1) is 0 Å². The van der Waals surface area contributed by atoms with Gasteiger partial charge in [-0.3, -0.25) is 0 Å². The maximum atomic E-state index is 12.4. The molecule has 4 heteroatoms. The Labute approximate surface area is 214 Å². The SMILES string of the molecule is CCCCCCCCCCc1cccc(OC(C)CCOC(=O)C[N+](C)(C)Cc2ccccc2)c1. The lowest BCUT2D eigenvalue weighted by Crippen LogP contribution is -2.43. The fourth-order valence-corrected chi connectivity index (χ4v) is 4.40. The van der Waals surface area contributed by atoms with Gasteiger partial charge < -0.3 is 14.0 Å². The van der Waals surface area contributed by atoms with Crippen LogP contribution in [0.4, 0.5) is 0 Å². The van der Waals surface area contributed by atoms with Gasteiger partial charge in [0.05, 0.1) is 26.8 Å². The minimum atomic E-state index is -0.162. The van der Waals surface area contributed by atoms with Crippen LogP contribution in [0.1, 0.15) is 82.8 Å². The van der Waals surface area contributed by atoms with Gasteiger partial charge >= 0.3 is 5.97 Å². The van der Waals surface area contributed by atoms with Gasteiger partial charge in [0.1, 0.15) is 12.3 Å². The van der Waals surface area contributed by atoms with E-state index < -0.39 is 0 Å². The summed E-state index contributed by atoms with van der Waals surface area (Å²) in [6.45, 7) is 5.83. The number of aryl methyl sites for hydroxylation is 1. The van der Waals surface area contributed by atoms with E-state index in [4.69, 9.17) is 9.47 Å². The molecule has 0 aliphatic rings. The third kappa shape index (κ3) is 13.4. The normalized spacial score (nSPS) is 12.3. The first-order chi connectivity index (χ1) is 16.9. The summed E-state index contributed by atoms with van der Waals surface area (Å²) in [7, 11) is 4.11. The highest BCUT2D eigenvalue weighted by Gasteiger charge is 2.22. The summed E-state index contributed by atoms with van der Waals surface area (Å²) >= 11 is 0. The van der Waals surface area contributed by atoms with Crippen molar-refractivity contribution in [1.82, 2.24) is 0 Å². The third-order valence-electron chi connectivity index (χ3n) is 6.35. The molecule has 2 aromatic rings. The van der Waals surface area contributed by atoms with Crippen molar-refractivity contribution >= 4 is 5.97 Å². The second-order valence-electron chi connectivity index (χ2n) is 10.5. The predicted octanol–water partition coefficient (Wildman–Crippen LogP) is 7.35. The number of benzene rings is 2. The molecule has 35 heavy (non-hydrogen) atoms. The lowest BCUT2D eigenvalue weighted by Gasteiger charge is -2.28. The van der Waals surface area contributed by atoms with E-state index in [1.54, 1.807) is 0 Å². The molecular weight excluding hydrogens is 434 g/mol. The molecule has 2 aromatic carbocycles. The predicted molar refractivity (Wildman–Crippen MR) is 146 cm³/mol. The molecule has 1 atom stereocenters. The third-order valence-corrected chi connectivity index (χ3v) is 6.35. The summed E-state index contributed by atoms with van der Waals surface area (Å²) in [4.78, 5) is 12.4. The Morgan fingerprint density at radius 2 is 1.51 bits per heavy atom. The molecule has 0 saturated heterocycles. The zero-order valence-electron chi connectivity index (χ0n) is 22.6. The highest BCUT2D eigenvalue weighted by molar-refractivity contribution is 5.70. The van der Waals surface area contributed by atoms with Crippen molar-refractivity contribution in [3.8, 4) is 5.75 Å². The monoisotopic (exact) mass is 482 g/mol. The number of rotatable bonds is 18. The molecule has 0 N–H and O–H groups in total. The average molecular weight is 483 g/mol. The molecule has 0 aliphatic carbocycles. The van der Waals surface area contributed by atoms with Crippen LogP contribution in [0.3, 0.4) is 0 Å². The van der Waals surface area contributed by atoms with E-state index >= 15 is 0 Å². The van der Waals surface area contributed by atoms with Gasteiger partial charge in [0, 0.05) is 12.0 Å². The van der Waals surface area contributed by atoms with Crippen LogP contribution >= 0.6 is 0 Å². The molecule has 0 aromatic heterocycles. The molecule has 0 bridgehead atoms. The Kier molecular flexibility index (Phi) is 13.5. The van der Waals surface area contributed by atoms with Crippen molar-refractivity contribution in [2.24, 2.45) is 0 Å². The molecular formula is C31H48NO3+. The van der Waals surface area contributed by atoms with Gasteiger partial charge in [-0.15, -0.1) is 0 Å². The fraction of sp³-hybridized carbons (Fsp3) is 0.581. The molecule has 194 valence electrons. The van der Waals surface area contributed by atoms with Gasteiger partial charge in [0.25, 0.3) is 0 Å². The standard InChI is InChI=1S/C31H48NO3/c1-5-6-7-8-9-10-11-13-17-28-20-16-21-30(24-28)35-27(2)22-23-34-31(33)26-32(3,4)25-29-18-14-12-15-19-29/h12,14-16,18-21,24,27H,5-11,13,17,22-23,25-26H2,1-4H3/q+1. The second kappa shape index (κ2) is 16.4. The summed E-state index contributed by atoms with van der Waals surface area (Å²) < 4.78 is 12.2. The van der Waals surface area contributed by atoms with Gasteiger partial charge in [-0.2, -0.15) is 0 Å². The zero-order chi connectivity index (χ0) is 25.4. The lowest BCUT2D eigenvalue weighted by molar-refractivity contribution is -0.896. The van der Waals surface area contributed by atoms with Crippen molar-refractivity contribution in [3.63, 3.8) is 0 Å². The number of hydrogen-bond donors (Lipinski definition) is 0. The van der Waals surface area contributed by atoms with Gasteiger partial charge in [-0.1, -0.05) is 94.3 Å². The van der Waals surface area contributed by atoms with E-state index in [1.807, 2.05) is 31.2 Å². The van der Waals surface area contributed by atoms with E-state index in [1.165, 1.54) is 62.5 Å². The Morgan fingerprint density at radius 3 is 2.23 bits per heavy atom. The lowest BCUT2D eigenvalue weighted by atomic mass is 10.0. The molecule has 0 radical (unpaired) electrons. The first kappa shape index (κ1) is 28.9. The number of carbonyl (C=O) groups is 1. The molecule has 0 saturated carbocycles. The van der Waals surface area contributed by atoms with Gasteiger partial charge in [-0.05, 0) is 37.5 Å². The largest absolute Gasteiger partial charge is 0.491 e. The van der Waals surface area contributed by atoms with Crippen LogP contribution in [-0.4, -0.2) is 43.8 Å². The Morgan fingerprint density at radius 1 is 0.857 bits per heavy atom. The van der Waals surface area contributed by atoms with Gasteiger partial charge in [-0.25, -0.2) is 4.79 Å². The van der Waals surface area contributed by atoms with Crippen molar-refractivity contribution < 1.29 is 18.8 Å². The van der Waals surface area contributed by atoms with Crippen LogP contribution in [0.5, 0.6) is 5.75 Å². The Bertz CT molecular complexity index is 834. The number of ether oxygens (including phenoxy) is 2. The van der Waals surface area contributed by atoms with Crippen LogP contribution < -0.4 is 4.74 Å². The maximum absolute atomic E-state index is 12.4. The molecule has 0 aliphatic heterocycles. The molecule has 0 fully saturated rings. The number of nitrogens with zero attached hydrogens (tertiary/aromatic N) is 1. The van der Waals surface area contributed by atoms with E-state index in [9.17, 15) is 4.79 Å². The number of hydrogen-bond acceptors (Lipinski definition) is 3. The topological polar surface area (TPSA) is 35.5 Å². The van der Waals surface area contributed by atoms with Gasteiger partial charge in [0.2, 0.25) is 0 Å². The van der Waals surface area contributed by atoms with E-state index in [2.05, 4.69) is 51.4 Å². The summed E-state index contributed by atoms with van der Waals surface area (Å²) in [5.74, 6) is 0.743. The van der Waals surface area contributed by atoms with Crippen molar-refractivity contribution in [1.29, 1.82) is 0 Å². The number of unbranched alkanes of at least 4 members (excludes halogenated alkanes) is 7. The van der Waals surface area contributed by atoms with Crippen LogP contribution in [0.15, 0.2) is 54.6 Å². The molecule has 0 amide bonds. The highest BCUT2D eigenvalue weighted by Crippen LogP contribution is 2.18. The molecule has 0 heterocycles. The smallest absolute Gasteiger partial charge is 0.361 e. The number of quaternary nitrogens is 1. The summed E-state index contributed by atoms with van der Waals surface area (Å²) in [6.07, 6.45) is 12.5. The van der Waals surface area contributed by atoms with Crippen molar-refractivity contribution in [2.75, 3.05) is 27.2 Å². The van der Waals surface area contributed by atoms with Crippen molar-refractivity contribution in [2.45, 2.75) is 90.7 Å². The molecule has 1 unspecified atom stereocenters.